The van der Waals surface area contributed by atoms with Gasteiger partial charge in [0.05, 0.1) is 11.1 Å². The standard InChI is InChI=1S/C8H7N3S/c9-7-3-1-2-6(4-7)8-5-10-11-12-8/h1-5H,9H2. The molecule has 12 heavy (non-hydrogen) atoms. The maximum Gasteiger partial charge on any atom is 0.0754 e. The predicted octanol–water partition coefficient (Wildman–Crippen LogP) is 1.79. The summed E-state index contributed by atoms with van der Waals surface area (Å²) in [6, 6.07) is 7.68. The number of hydrogen-bond donors (Lipinski definition) is 1. The molecule has 0 spiro atoms. The summed E-state index contributed by atoms with van der Waals surface area (Å²) in [5.74, 6) is 0. The monoisotopic (exact) mass is 177 g/mol. The molecule has 4 heteroatoms. The molecule has 60 valence electrons. The van der Waals surface area contributed by atoms with Gasteiger partial charge in [-0.3, -0.25) is 0 Å². The van der Waals surface area contributed by atoms with Crippen LogP contribution in [-0.2, 0) is 0 Å². The molecule has 0 saturated heterocycles. The van der Waals surface area contributed by atoms with Gasteiger partial charge in [0.2, 0.25) is 0 Å². The van der Waals surface area contributed by atoms with Crippen LogP contribution < -0.4 is 5.73 Å². The minimum absolute atomic E-state index is 0.765. The second kappa shape index (κ2) is 2.91. The average Bonchev–Trinajstić information content (AvgIpc) is 2.56. The third-order valence-electron chi connectivity index (χ3n) is 1.53. The maximum absolute atomic E-state index is 5.63. The Morgan fingerprint density at radius 1 is 1.33 bits per heavy atom. The van der Waals surface area contributed by atoms with Gasteiger partial charge in [0.15, 0.2) is 0 Å². The number of aromatic nitrogens is 2. The lowest BCUT2D eigenvalue weighted by molar-refractivity contribution is 1.16. The summed E-state index contributed by atoms with van der Waals surface area (Å²) in [5.41, 5.74) is 7.47. The van der Waals surface area contributed by atoms with Crippen LogP contribution in [0.3, 0.4) is 0 Å². The zero-order chi connectivity index (χ0) is 8.39. The SMILES string of the molecule is Nc1cccc(-c2cnns2)c1. The van der Waals surface area contributed by atoms with E-state index in [1.165, 1.54) is 11.5 Å². The lowest BCUT2D eigenvalue weighted by Gasteiger charge is -1.96. The molecule has 3 nitrogen and oxygen atoms in total. The largest absolute Gasteiger partial charge is 0.399 e. The molecule has 1 aromatic heterocycles. The number of anilines is 1. The Kier molecular flexibility index (Phi) is 1.75. The van der Waals surface area contributed by atoms with E-state index in [9.17, 15) is 0 Å². The summed E-state index contributed by atoms with van der Waals surface area (Å²) < 4.78 is 3.78. The maximum atomic E-state index is 5.63. The summed E-state index contributed by atoms with van der Waals surface area (Å²) in [7, 11) is 0. The molecule has 0 aliphatic carbocycles. The molecule has 0 saturated carbocycles. The van der Waals surface area contributed by atoms with Crippen LogP contribution in [-0.4, -0.2) is 9.59 Å². The number of hydrogen-bond acceptors (Lipinski definition) is 4. The van der Waals surface area contributed by atoms with Crippen molar-refractivity contribution in [2.75, 3.05) is 5.73 Å². The van der Waals surface area contributed by atoms with E-state index in [0.717, 1.165) is 16.1 Å². The van der Waals surface area contributed by atoms with Gasteiger partial charge in [0, 0.05) is 5.69 Å². The molecule has 0 fully saturated rings. The van der Waals surface area contributed by atoms with E-state index in [2.05, 4.69) is 9.59 Å². The second-order valence-electron chi connectivity index (χ2n) is 2.41. The molecular weight excluding hydrogens is 170 g/mol. The van der Waals surface area contributed by atoms with Crippen LogP contribution >= 0.6 is 11.5 Å². The molecule has 0 amide bonds. The fraction of sp³-hybridized carbons (Fsp3) is 0. The fourth-order valence-corrected chi connectivity index (χ4v) is 1.50. The van der Waals surface area contributed by atoms with Crippen LogP contribution in [0.15, 0.2) is 30.5 Å². The van der Waals surface area contributed by atoms with Crippen LogP contribution in [0.1, 0.15) is 0 Å². The van der Waals surface area contributed by atoms with Crippen LogP contribution in [0.2, 0.25) is 0 Å². The van der Waals surface area contributed by atoms with Crippen molar-refractivity contribution in [2.24, 2.45) is 0 Å². The van der Waals surface area contributed by atoms with Crippen molar-refractivity contribution in [3.05, 3.63) is 30.5 Å². The Labute approximate surface area is 74.0 Å². The van der Waals surface area contributed by atoms with Crippen LogP contribution in [0, 0.1) is 0 Å². The summed E-state index contributed by atoms with van der Waals surface area (Å²) >= 11 is 1.37. The van der Waals surface area contributed by atoms with Gasteiger partial charge in [0.25, 0.3) is 0 Å². The number of benzene rings is 1. The Morgan fingerprint density at radius 3 is 2.92 bits per heavy atom. The molecule has 1 aromatic carbocycles. The van der Waals surface area contributed by atoms with Gasteiger partial charge in [0.1, 0.15) is 0 Å². The molecule has 2 rings (SSSR count). The van der Waals surface area contributed by atoms with Crippen molar-refractivity contribution in [1.82, 2.24) is 9.59 Å². The molecule has 0 unspecified atom stereocenters. The molecular formula is C8H7N3S. The smallest absolute Gasteiger partial charge is 0.0754 e. The van der Waals surface area contributed by atoms with Gasteiger partial charge in [-0.2, -0.15) is 0 Å². The number of nitrogens with two attached hydrogens (primary N) is 1. The number of rotatable bonds is 1. The topological polar surface area (TPSA) is 51.8 Å². The highest BCUT2D eigenvalue weighted by Gasteiger charge is 1.99. The normalized spacial score (nSPS) is 10.0. The Balaban J connectivity index is 2.48. The first kappa shape index (κ1) is 7.24. The number of nitrogens with zero attached hydrogens (tertiary/aromatic N) is 2. The van der Waals surface area contributed by atoms with Crippen molar-refractivity contribution in [1.29, 1.82) is 0 Å². The lowest BCUT2D eigenvalue weighted by atomic mass is 10.2. The van der Waals surface area contributed by atoms with E-state index in [1.54, 1.807) is 6.20 Å². The third-order valence-corrected chi connectivity index (χ3v) is 2.25. The van der Waals surface area contributed by atoms with E-state index in [-0.39, 0.29) is 0 Å². The zero-order valence-electron chi connectivity index (χ0n) is 6.27. The van der Waals surface area contributed by atoms with E-state index in [0.29, 0.717) is 0 Å². The summed E-state index contributed by atoms with van der Waals surface area (Å²) in [6.07, 6.45) is 1.74. The van der Waals surface area contributed by atoms with Crippen molar-refractivity contribution in [3.63, 3.8) is 0 Å². The molecule has 0 bridgehead atoms. The highest BCUT2D eigenvalue weighted by atomic mass is 32.1. The highest BCUT2D eigenvalue weighted by molar-refractivity contribution is 7.09. The number of nitrogen functional groups attached to an aromatic ring is 1. The van der Waals surface area contributed by atoms with Gasteiger partial charge in [-0.25, -0.2) is 0 Å². The van der Waals surface area contributed by atoms with Gasteiger partial charge < -0.3 is 5.73 Å². The van der Waals surface area contributed by atoms with E-state index < -0.39 is 0 Å². The Hall–Kier alpha value is -1.42. The molecule has 0 atom stereocenters. The lowest BCUT2D eigenvalue weighted by Crippen LogP contribution is -1.83. The van der Waals surface area contributed by atoms with Crippen molar-refractivity contribution in [2.45, 2.75) is 0 Å². The first-order valence-electron chi connectivity index (χ1n) is 3.49. The van der Waals surface area contributed by atoms with Gasteiger partial charge in [-0.15, -0.1) is 5.10 Å². The quantitative estimate of drug-likeness (QED) is 0.675. The zero-order valence-corrected chi connectivity index (χ0v) is 7.08. The van der Waals surface area contributed by atoms with Crippen LogP contribution in [0.5, 0.6) is 0 Å². The minimum atomic E-state index is 0.765. The van der Waals surface area contributed by atoms with E-state index in [4.69, 9.17) is 5.73 Å². The van der Waals surface area contributed by atoms with Crippen LogP contribution in [0.25, 0.3) is 10.4 Å². The van der Waals surface area contributed by atoms with Gasteiger partial charge in [-0.1, -0.05) is 16.6 Å². The molecule has 0 radical (unpaired) electrons. The van der Waals surface area contributed by atoms with Crippen LogP contribution in [0.4, 0.5) is 5.69 Å². The fourth-order valence-electron chi connectivity index (χ4n) is 0.986. The molecule has 0 aliphatic heterocycles. The second-order valence-corrected chi connectivity index (χ2v) is 3.19. The average molecular weight is 177 g/mol. The van der Waals surface area contributed by atoms with E-state index >= 15 is 0 Å². The summed E-state index contributed by atoms with van der Waals surface area (Å²) in [4.78, 5) is 1.04. The van der Waals surface area contributed by atoms with E-state index in [1.807, 2.05) is 24.3 Å². The third kappa shape index (κ3) is 1.29. The molecule has 2 aromatic rings. The molecule has 0 aliphatic rings. The predicted molar refractivity (Wildman–Crippen MR) is 49.8 cm³/mol. The minimum Gasteiger partial charge on any atom is -0.399 e. The highest BCUT2D eigenvalue weighted by Crippen LogP contribution is 2.22. The Bertz CT molecular complexity index is 370. The first-order valence-corrected chi connectivity index (χ1v) is 4.27. The molecule has 1 heterocycles. The molecule has 2 N–H and O–H groups in total. The van der Waals surface area contributed by atoms with Crippen molar-refractivity contribution < 1.29 is 0 Å². The van der Waals surface area contributed by atoms with Gasteiger partial charge >= 0.3 is 0 Å². The van der Waals surface area contributed by atoms with Crippen molar-refractivity contribution >= 4 is 17.2 Å². The first-order chi connectivity index (χ1) is 5.86. The Morgan fingerprint density at radius 2 is 2.25 bits per heavy atom. The van der Waals surface area contributed by atoms with Crippen molar-refractivity contribution in [3.8, 4) is 10.4 Å². The summed E-state index contributed by atoms with van der Waals surface area (Å²) in [5, 5.41) is 3.76. The van der Waals surface area contributed by atoms with Gasteiger partial charge in [-0.05, 0) is 29.2 Å². The summed E-state index contributed by atoms with van der Waals surface area (Å²) in [6.45, 7) is 0.